The molecule has 1 aliphatic rings. The Morgan fingerprint density at radius 3 is 2.50 bits per heavy atom. The van der Waals surface area contributed by atoms with E-state index in [1.165, 1.54) is 0 Å². The van der Waals surface area contributed by atoms with E-state index in [0.29, 0.717) is 4.47 Å². The molecular weight excluding hydrogens is 408 g/mol. The lowest BCUT2D eigenvalue weighted by Crippen LogP contribution is -2.49. The summed E-state index contributed by atoms with van der Waals surface area (Å²) in [4.78, 5) is 0.243. The van der Waals surface area contributed by atoms with Gasteiger partial charge in [-0.3, -0.25) is 0 Å². The van der Waals surface area contributed by atoms with Gasteiger partial charge in [0.15, 0.2) is 0 Å². The van der Waals surface area contributed by atoms with E-state index in [-0.39, 0.29) is 17.0 Å². The molecule has 0 aromatic heterocycles. The summed E-state index contributed by atoms with van der Waals surface area (Å²) in [5.74, 6) is 0. The quantitative estimate of drug-likeness (QED) is 0.781. The zero-order valence-corrected chi connectivity index (χ0v) is 15.2. The van der Waals surface area contributed by atoms with Crippen molar-refractivity contribution in [2.75, 3.05) is 0 Å². The first kappa shape index (κ1) is 16.4. The van der Waals surface area contributed by atoms with E-state index >= 15 is 0 Å². The monoisotopic (exact) mass is 424 g/mol. The highest BCUT2D eigenvalue weighted by atomic mass is 79.9. The maximum atomic E-state index is 12.5. The predicted molar refractivity (Wildman–Crippen MR) is 87.1 cm³/mol. The number of sulfonamides is 1. The van der Waals surface area contributed by atoms with Crippen molar-refractivity contribution in [1.82, 2.24) is 4.72 Å². The average Bonchev–Trinajstić information content (AvgIpc) is 2.36. The molecule has 0 radical (unpaired) electrons. The van der Waals surface area contributed by atoms with E-state index in [4.69, 9.17) is 5.73 Å². The number of halogens is 2. The summed E-state index contributed by atoms with van der Waals surface area (Å²) in [6, 6.07) is 3.13. The molecule has 2 rings (SSSR count). The molecule has 0 bridgehead atoms. The molecule has 4 nitrogen and oxygen atoms in total. The third kappa shape index (κ3) is 3.62. The van der Waals surface area contributed by atoms with Crippen molar-refractivity contribution in [2.45, 2.75) is 49.6 Å². The summed E-state index contributed by atoms with van der Waals surface area (Å²) in [7, 11) is -3.57. The molecule has 2 atom stereocenters. The van der Waals surface area contributed by atoms with Gasteiger partial charge in [0, 0.05) is 21.0 Å². The number of benzene rings is 1. The van der Waals surface area contributed by atoms with Crippen molar-refractivity contribution in [1.29, 1.82) is 0 Å². The van der Waals surface area contributed by atoms with Crippen LogP contribution in [0.1, 0.15) is 31.2 Å². The van der Waals surface area contributed by atoms with E-state index in [1.54, 1.807) is 12.1 Å². The van der Waals surface area contributed by atoms with Gasteiger partial charge in [-0.25, -0.2) is 13.1 Å². The first-order valence-corrected chi connectivity index (χ1v) is 9.62. The number of aryl methyl sites for hydroxylation is 1. The fraction of sp³-hybridized carbons (Fsp3) is 0.538. The fourth-order valence-corrected chi connectivity index (χ4v) is 5.40. The Morgan fingerprint density at radius 1 is 1.20 bits per heavy atom. The van der Waals surface area contributed by atoms with E-state index < -0.39 is 10.0 Å². The minimum Gasteiger partial charge on any atom is -0.326 e. The molecule has 20 heavy (non-hydrogen) atoms. The van der Waals surface area contributed by atoms with Crippen LogP contribution in [0.2, 0.25) is 0 Å². The molecule has 1 fully saturated rings. The van der Waals surface area contributed by atoms with Gasteiger partial charge in [-0.05, 0) is 53.4 Å². The van der Waals surface area contributed by atoms with Crippen LogP contribution >= 0.6 is 31.9 Å². The molecule has 1 saturated carbocycles. The minimum atomic E-state index is -3.57. The fourth-order valence-electron chi connectivity index (χ4n) is 2.40. The van der Waals surface area contributed by atoms with Crippen LogP contribution in [-0.2, 0) is 10.0 Å². The molecule has 3 N–H and O–H groups in total. The van der Waals surface area contributed by atoms with Crippen LogP contribution in [0.4, 0.5) is 0 Å². The van der Waals surface area contributed by atoms with Gasteiger partial charge in [0.2, 0.25) is 10.0 Å². The largest absolute Gasteiger partial charge is 0.326 e. The smallest absolute Gasteiger partial charge is 0.242 e. The lowest BCUT2D eigenvalue weighted by Gasteiger charge is -2.29. The van der Waals surface area contributed by atoms with Crippen molar-refractivity contribution in [2.24, 2.45) is 5.73 Å². The Morgan fingerprint density at radius 2 is 1.85 bits per heavy atom. The molecule has 0 heterocycles. The van der Waals surface area contributed by atoms with Gasteiger partial charge in [-0.15, -0.1) is 0 Å². The van der Waals surface area contributed by atoms with Gasteiger partial charge in [-0.2, -0.15) is 0 Å². The summed E-state index contributed by atoms with van der Waals surface area (Å²) < 4.78 is 29.1. The lowest BCUT2D eigenvalue weighted by molar-refractivity contribution is 0.361. The Hall–Kier alpha value is 0.0500. The first-order chi connectivity index (χ1) is 9.31. The molecule has 1 aromatic carbocycles. The maximum absolute atomic E-state index is 12.5. The molecule has 0 amide bonds. The number of rotatable bonds is 3. The second kappa shape index (κ2) is 6.44. The third-order valence-electron chi connectivity index (χ3n) is 3.63. The second-order valence-electron chi connectivity index (χ2n) is 5.21. The van der Waals surface area contributed by atoms with Crippen LogP contribution in [-0.4, -0.2) is 20.5 Å². The van der Waals surface area contributed by atoms with Crippen LogP contribution in [0.3, 0.4) is 0 Å². The van der Waals surface area contributed by atoms with E-state index in [2.05, 4.69) is 36.6 Å². The van der Waals surface area contributed by atoms with Gasteiger partial charge >= 0.3 is 0 Å². The summed E-state index contributed by atoms with van der Waals surface area (Å²) in [6.45, 7) is 1.91. The van der Waals surface area contributed by atoms with Crippen molar-refractivity contribution in [3.63, 3.8) is 0 Å². The van der Waals surface area contributed by atoms with E-state index in [1.807, 2.05) is 6.92 Å². The van der Waals surface area contributed by atoms with E-state index in [9.17, 15) is 8.42 Å². The van der Waals surface area contributed by atoms with Crippen LogP contribution in [0.5, 0.6) is 0 Å². The number of nitrogens with two attached hydrogens (primary N) is 1. The summed E-state index contributed by atoms with van der Waals surface area (Å²) in [5.41, 5.74) is 6.99. The van der Waals surface area contributed by atoms with Gasteiger partial charge in [0.25, 0.3) is 0 Å². The normalized spacial score (nSPS) is 23.8. The maximum Gasteiger partial charge on any atom is 0.242 e. The van der Waals surface area contributed by atoms with Crippen molar-refractivity contribution in [3.8, 4) is 0 Å². The second-order valence-corrected chi connectivity index (χ2v) is 8.60. The van der Waals surface area contributed by atoms with E-state index in [0.717, 1.165) is 35.7 Å². The topological polar surface area (TPSA) is 72.2 Å². The van der Waals surface area contributed by atoms with Crippen molar-refractivity contribution < 1.29 is 8.42 Å². The summed E-state index contributed by atoms with van der Waals surface area (Å²) in [5, 5.41) is 0. The number of hydrogen-bond acceptors (Lipinski definition) is 3. The zero-order chi connectivity index (χ0) is 14.9. The zero-order valence-electron chi connectivity index (χ0n) is 11.2. The van der Waals surface area contributed by atoms with Gasteiger partial charge in [0.1, 0.15) is 0 Å². The molecular formula is C13H18Br2N2O2S. The molecule has 0 unspecified atom stereocenters. The lowest BCUT2D eigenvalue weighted by atomic mass is 9.92. The average molecular weight is 426 g/mol. The van der Waals surface area contributed by atoms with Gasteiger partial charge < -0.3 is 5.73 Å². The molecule has 0 aliphatic heterocycles. The third-order valence-corrected chi connectivity index (χ3v) is 6.93. The Kier molecular flexibility index (Phi) is 5.29. The molecule has 7 heteroatoms. The predicted octanol–water partition coefficient (Wildman–Crippen LogP) is 3.07. The highest BCUT2D eigenvalue weighted by Crippen LogP contribution is 2.29. The van der Waals surface area contributed by atoms with Crippen LogP contribution < -0.4 is 10.5 Å². The van der Waals surface area contributed by atoms with Gasteiger partial charge in [0.05, 0.1) is 4.90 Å². The summed E-state index contributed by atoms with van der Waals surface area (Å²) in [6.07, 6.45) is 3.75. The van der Waals surface area contributed by atoms with Crippen molar-refractivity contribution in [3.05, 3.63) is 26.6 Å². The molecule has 112 valence electrons. The van der Waals surface area contributed by atoms with Crippen LogP contribution in [0.25, 0.3) is 0 Å². The highest BCUT2D eigenvalue weighted by molar-refractivity contribution is 9.11. The number of nitrogens with one attached hydrogen (secondary N) is 1. The first-order valence-electron chi connectivity index (χ1n) is 6.55. The molecule has 1 aromatic rings. The standard InChI is InChI=1S/C13H18Br2N2O2S/c1-8-6-10(15)13(7-9(8)14)20(18,19)17-12-5-3-2-4-11(12)16/h6-7,11-12,17H,2-5,16H2,1H3/t11-,12-/m1/s1. The van der Waals surface area contributed by atoms with Crippen LogP contribution in [0, 0.1) is 6.92 Å². The summed E-state index contributed by atoms with van der Waals surface area (Å²) >= 11 is 6.70. The minimum absolute atomic E-state index is 0.105. The van der Waals surface area contributed by atoms with Crippen LogP contribution in [0.15, 0.2) is 26.0 Å². The van der Waals surface area contributed by atoms with Gasteiger partial charge in [-0.1, -0.05) is 28.8 Å². The highest BCUT2D eigenvalue weighted by Gasteiger charge is 2.28. The van der Waals surface area contributed by atoms with Crippen molar-refractivity contribution >= 4 is 41.9 Å². The molecule has 1 aliphatic carbocycles. The Labute approximate surface area is 136 Å². The SMILES string of the molecule is Cc1cc(Br)c(S(=O)(=O)N[C@@H]2CCCC[C@H]2N)cc1Br. The Bertz CT molecular complexity index is 605. The Balaban J connectivity index is 2.28. The number of hydrogen-bond donors (Lipinski definition) is 2. The molecule has 0 spiro atoms. The molecule has 0 saturated heterocycles.